The molecule has 0 saturated heterocycles. The molecule has 2 heterocycles. The van der Waals surface area contributed by atoms with Gasteiger partial charge < -0.3 is 5.32 Å². The molecule has 164 valence electrons. The number of aromatic nitrogens is 3. The van der Waals surface area contributed by atoms with E-state index in [1.165, 1.54) is 22.2 Å². The number of carbonyl (C=O) groups is 1. The zero-order valence-corrected chi connectivity index (χ0v) is 19.8. The zero-order chi connectivity index (χ0) is 22.3. The maximum Gasteiger partial charge on any atom is 0.234 e. The Morgan fingerprint density at radius 1 is 1.06 bits per heavy atom. The van der Waals surface area contributed by atoms with Gasteiger partial charge in [-0.3, -0.25) is 9.36 Å². The standard InChI is InChI=1S/C25H26N4OS2/c1-3-18(2)19-11-13-20(14-12-19)26-24(30)17-32-25-28-27-23(16-22-10-7-15-31-22)29(25)21-8-5-4-6-9-21/h4-15,18H,3,16-17H2,1-2H3,(H,26,30). The molecule has 0 spiro atoms. The lowest BCUT2D eigenvalue weighted by molar-refractivity contribution is -0.113. The Labute approximate surface area is 196 Å². The number of anilines is 1. The van der Waals surface area contributed by atoms with Crippen LogP contribution in [-0.2, 0) is 11.2 Å². The van der Waals surface area contributed by atoms with Crippen molar-refractivity contribution in [1.29, 1.82) is 0 Å². The summed E-state index contributed by atoms with van der Waals surface area (Å²) in [7, 11) is 0. The minimum absolute atomic E-state index is 0.0614. The van der Waals surface area contributed by atoms with Gasteiger partial charge in [0.15, 0.2) is 5.16 Å². The van der Waals surface area contributed by atoms with Crippen molar-refractivity contribution in [2.24, 2.45) is 0 Å². The van der Waals surface area contributed by atoms with Crippen molar-refractivity contribution >= 4 is 34.7 Å². The third kappa shape index (κ3) is 5.47. The number of hydrogen-bond acceptors (Lipinski definition) is 5. The Morgan fingerprint density at radius 3 is 2.53 bits per heavy atom. The average molecular weight is 463 g/mol. The van der Waals surface area contributed by atoms with Crippen LogP contribution < -0.4 is 5.32 Å². The van der Waals surface area contributed by atoms with E-state index in [2.05, 4.69) is 52.9 Å². The van der Waals surface area contributed by atoms with E-state index < -0.39 is 0 Å². The van der Waals surface area contributed by atoms with Crippen molar-refractivity contribution in [2.45, 2.75) is 37.8 Å². The molecule has 2 aromatic heterocycles. The molecule has 1 atom stereocenters. The van der Waals surface area contributed by atoms with Crippen molar-refractivity contribution in [1.82, 2.24) is 14.8 Å². The van der Waals surface area contributed by atoms with Gasteiger partial charge in [-0.15, -0.1) is 21.5 Å². The quantitative estimate of drug-likeness (QED) is 0.303. The molecule has 1 unspecified atom stereocenters. The summed E-state index contributed by atoms with van der Waals surface area (Å²) in [6.07, 6.45) is 1.80. The van der Waals surface area contributed by atoms with Crippen molar-refractivity contribution in [3.05, 3.63) is 88.4 Å². The van der Waals surface area contributed by atoms with Gasteiger partial charge in [0.05, 0.1) is 5.75 Å². The molecule has 4 rings (SSSR count). The second kappa shape index (κ2) is 10.6. The van der Waals surface area contributed by atoms with Crippen LogP contribution in [-0.4, -0.2) is 26.4 Å². The van der Waals surface area contributed by atoms with Crippen molar-refractivity contribution in [3.63, 3.8) is 0 Å². The molecule has 0 aliphatic rings. The molecule has 0 radical (unpaired) electrons. The maximum atomic E-state index is 12.6. The first-order valence-corrected chi connectivity index (χ1v) is 12.5. The van der Waals surface area contributed by atoms with Gasteiger partial charge in [-0.1, -0.05) is 62.0 Å². The number of carbonyl (C=O) groups excluding carboxylic acids is 1. The molecule has 5 nitrogen and oxygen atoms in total. The highest BCUT2D eigenvalue weighted by Gasteiger charge is 2.16. The summed E-state index contributed by atoms with van der Waals surface area (Å²) in [6.45, 7) is 4.39. The van der Waals surface area contributed by atoms with Crippen molar-refractivity contribution < 1.29 is 4.79 Å². The van der Waals surface area contributed by atoms with Gasteiger partial charge in [0.25, 0.3) is 0 Å². The fourth-order valence-electron chi connectivity index (χ4n) is 3.37. The molecular weight excluding hydrogens is 436 g/mol. The minimum atomic E-state index is -0.0614. The van der Waals surface area contributed by atoms with E-state index in [9.17, 15) is 4.79 Å². The summed E-state index contributed by atoms with van der Waals surface area (Å²) in [6, 6.07) is 22.3. The topological polar surface area (TPSA) is 59.8 Å². The number of nitrogens with zero attached hydrogens (tertiary/aromatic N) is 3. The Balaban J connectivity index is 1.45. The molecule has 0 aliphatic heterocycles. The van der Waals surface area contributed by atoms with Crippen LogP contribution in [0.15, 0.2) is 77.3 Å². The lowest BCUT2D eigenvalue weighted by Crippen LogP contribution is -2.14. The second-order valence-electron chi connectivity index (χ2n) is 7.59. The van der Waals surface area contributed by atoms with E-state index in [0.717, 1.165) is 23.6 Å². The smallest absolute Gasteiger partial charge is 0.234 e. The van der Waals surface area contributed by atoms with Gasteiger partial charge >= 0.3 is 0 Å². The molecule has 0 fully saturated rings. The first-order chi connectivity index (χ1) is 15.6. The summed E-state index contributed by atoms with van der Waals surface area (Å²) in [4.78, 5) is 13.8. The van der Waals surface area contributed by atoms with Gasteiger partial charge in [0, 0.05) is 22.7 Å². The Bertz CT molecular complexity index is 1140. The molecule has 1 N–H and O–H groups in total. The summed E-state index contributed by atoms with van der Waals surface area (Å²) in [5, 5.41) is 14.6. The van der Waals surface area contributed by atoms with Crippen LogP contribution in [0.25, 0.3) is 5.69 Å². The highest BCUT2D eigenvalue weighted by atomic mass is 32.2. The molecule has 0 saturated carbocycles. The van der Waals surface area contributed by atoms with Gasteiger partial charge in [-0.05, 0) is 53.6 Å². The number of rotatable bonds is 9. The van der Waals surface area contributed by atoms with Gasteiger partial charge in [0.1, 0.15) is 5.82 Å². The number of para-hydroxylation sites is 1. The van der Waals surface area contributed by atoms with Crippen LogP contribution in [0.2, 0.25) is 0 Å². The molecule has 1 amide bonds. The minimum Gasteiger partial charge on any atom is -0.325 e. The van der Waals surface area contributed by atoms with E-state index in [1.54, 1.807) is 11.3 Å². The lowest BCUT2D eigenvalue weighted by Gasteiger charge is -2.11. The van der Waals surface area contributed by atoms with Crippen LogP contribution in [0.3, 0.4) is 0 Å². The number of amides is 1. The number of hydrogen-bond donors (Lipinski definition) is 1. The molecular formula is C25H26N4OS2. The van der Waals surface area contributed by atoms with E-state index >= 15 is 0 Å². The molecule has 32 heavy (non-hydrogen) atoms. The molecule has 4 aromatic rings. The Kier molecular flexibility index (Phi) is 7.39. The van der Waals surface area contributed by atoms with Crippen molar-refractivity contribution in [2.75, 3.05) is 11.1 Å². The van der Waals surface area contributed by atoms with E-state index in [-0.39, 0.29) is 11.7 Å². The van der Waals surface area contributed by atoms with Crippen LogP contribution in [0.1, 0.15) is 42.5 Å². The largest absolute Gasteiger partial charge is 0.325 e. The fourth-order valence-corrected chi connectivity index (χ4v) is 4.84. The molecule has 7 heteroatoms. The molecule has 2 aromatic carbocycles. The van der Waals surface area contributed by atoms with Crippen LogP contribution in [0.4, 0.5) is 5.69 Å². The number of thiophene rings is 1. The number of nitrogens with one attached hydrogen (secondary N) is 1. The first kappa shape index (κ1) is 22.3. The Morgan fingerprint density at radius 2 is 1.84 bits per heavy atom. The summed E-state index contributed by atoms with van der Waals surface area (Å²) >= 11 is 3.10. The average Bonchev–Trinajstić information content (AvgIpc) is 3.48. The zero-order valence-electron chi connectivity index (χ0n) is 18.2. The highest BCUT2D eigenvalue weighted by Crippen LogP contribution is 2.25. The number of thioether (sulfide) groups is 1. The monoisotopic (exact) mass is 462 g/mol. The second-order valence-corrected chi connectivity index (χ2v) is 9.57. The number of benzene rings is 2. The van der Waals surface area contributed by atoms with E-state index in [1.807, 2.05) is 53.1 Å². The van der Waals surface area contributed by atoms with Gasteiger partial charge in [-0.2, -0.15) is 0 Å². The Hall–Kier alpha value is -2.90. The van der Waals surface area contributed by atoms with E-state index in [4.69, 9.17) is 0 Å². The maximum absolute atomic E-state index is 12.6. The van der Waals surface area contributed by atoms with Gasteiger partial charge in [0.2, 0.25) is 5.91 Å². The summed E-state index contributed by atoms with van der Waals surface area (Å²) < 4.78 is 2.04. The molecule has 0 aliphatic carbocycles. The first-order valence-electron chi connectivity index (χ1n) is 10.7. The highest BCUT2D eigenvalue weighted by molar-refractivity contribution is 7.99. The predicted octanol–water partition coefficient (Wildman–Crippen LogP) is 6.16. The molecule has 0 bridgehead atoms. The van der Waals surface area contributed by atoms with Gasteiger partial charge in [-0.25, -0.2) is 0 Å². The SMILES string of the molecule is CCC(C)c1ccc(NC(=O)CSc2nnc(Cc3cccs3)n2-c2ccccc2)cc1. The van der Waals surface area contributed by atoms with Crippen LogP contribution >= 0.6 is 23.1 Å². The summed E-state index contributed by atoms with van der Waals surface area (Å²) in [5.74, 6) is 1.58. The van der Waals surface area contributed by atoms with E-state index in [0.29, 0.717) is 17.5 Å². The normalized spacial score (nSPS) is 11.9. The van der Waals surface area contributed by atoms with Crippen molar-refractivity contribution in [3.8, 4) is 5.69 Å². The van der Waals surface area contributed by atoms with Crippen LogP contribution in [0.5, 0.6) is 0 Å². The fraction of sp³-hybridized carbons (Fsp3) is 0.240. The third-order valence-corrected chi connectivity index (χ3v) is 7.14. The summed E-state index contributed by atoms with van der Waals surface area (Å²) in [5.41, 5.74) is 3.09. The predicted molar refractivity (Wildman–Crippen MR) is 133 cm³/mol. The van der Waals surface area contributed by atoms with Crippen LogP contribution in [0, 0.1) is 0 Å². The lowest BCUT2D eigenvalue weighted by atomic mass is 9.99. The third-order valence-electron chi connectivity index (χ3n) is 5.34.